The van der Waals surface area contributed by atoms with E-state index in [9.17, 15) is 0 Å². The molecular formula is C92H81BN2. The van der Waals surface area contributed by atoms with E-state index in [4.69, 9.17) is 0 Å². The van der Waals surface area contributed by atoms with Gasteiger partial charge in [-0.2, -0.15) is 0 Å². The predicted octanol–water partition coefficient (Wildman–Crippen LogP) is 23.9. The second kappa shape index (κ2) is 24.5. The molecule has 0 saturated carbocycles. The molecule has 13 aromatic rings. The molecule has 2 aliphatic heterocycles. The Hall–Kier alpha value is -10.5. The van der Waals surface area contributed by atoms with Crippen LogP contribution in [0.1, 0.15) is 103 Å². The number of fused-ring (bicyclic) bond motifs is 4. The summed E-state index contributed by atoms with van der Waals surface area (Å²) in [7, 11) is 0. The second-order valence-electron chi connectivity index (χ2n) is 28.9. The van der Waals surface area contributed by atoms with Crippen LogP contribution in [0.4, 0.5) is 34.1 Å². The molecule has 0 aromatic heterocycles. The summed E-state index contributed by atoms with van der Waals surface area (Å²) >= 11 is 0. The molecule has 0 fully saturated rings. The lowest BCUT2D eigenvalue weighted by Crippen LogP contribution is -2.61. The Labute approximate surface area is 564 Å². The Balaban J connectivity index is 1.16. The molecule has 13 aromatic carbocycles. The summed E-state index contributed by atoms with van der Waals surface area (Å²) in [6, 6.07) is 113. The van der Waals surface area contributed by atoms with E-state index in [0.717, 1.165) is 61.4 Å². The summed E-state index contributed by atoms with van der Waals surface area (Å²) in [5.74, 6) is 0.705. The van der Waals surface area contributed by atoms with E-state index in [0.29, 0.717) is 11.8 Å². The quantitative estimate of drug-likeness (QED) is 0.113. The first-order chi connectivity index (χ1) is 46.1. The standard InChI is InChI=1S/C92H81BN2/c1-60(2)70-48-71(61(3)4)50-72(49-70)69-46-47-82-84(55-69)94(89-77(65-38-24-14-25-39-65)51-73(62-32-18-11-19-33-62)52-78(89)66-40-26-15-27-41-66)86-56-75(91(5,6)7)57-87-88(86)93(82)83-58-76(64-36-22-13-23-37-64)81(92(8,9)10)59-85(83)95(87)90-79(67-42-28-16-29-43-67)53-74(63-34-20-12-21-35-63)54-80(90)68-44-30-17-31-45-68/h11-61H,1-10H3. The molecule has 2 aliphatic rings. The van der Waals surface area contributed by atoms with E-state index >= 15 is 0 Å². The van der Waals surface area contributed by atoms with Crippen LogP contribution < -0.4 is 26.2 Å². The van der Waals surface area contributed by atoms with Gasteiger partial charge in [-0.15, -0.1) is 0 Å². The first kappa shape index (κ1) is 60.7. The highest BCUT2D eigenvalue weighted by atomic mass is 15.2. The van der Waals surface area contributed by atoms with Gasteiger partial charge in [0.05, 0.1) is 11.4 Å². The average molecular weight is 1230 g/mol. The highest BCUT2D eigenvalue weighted by Crippen LogP contribution is 2.56. The summed E-state index contributed by atoms with van der Waals surface area (Å²) in [6.45, 7) is 23.5. The van der Waals surface area contributed by atoms with Crippen LogP contribution in [0.15, 0.2) is 297 Å². The molecule has 462 valence electrons. The van der Waals surface area contributed by atoms with E-state index in [-0.39, 0.29) is 17.5 Å². The Morgan fingerprint density at radius 1 is 0.263 bits per heavy atom. The van der Waals surface area contributed by atoms with Crippen molar-refractivity contribution in [1.82, 2.24) is 0 Å². The lowest BCUT2D eigenvalue weighted by molar-refractivity contribution is 0.590. The molecule has 0 atom stereocenters. The van der Waals surface area contributed by atoms with Gasteiger partial charge in [0.2, 0.25) is 0 Å². The first-order valence-corrected chi connectivity index (χ1v) is 34.1. The van der Waals surface area contributed by atoms with Crippen molar-refractivity contribution in [2.24, 2.45) is 0 Å². The van der Waals surface area contributed by atoms with E-state index in [1.54, 1.807) is 0 Å². The summed E-state index contributed by atoms with van der Waals surface area (Å²) in [5.41, 5.74) is 34.3. The smallest absolute Gasteiger partial charge is 0.252 e. The van der Waals surface area contributed by atoms with Gasteiger partial charge in [-0.25, -0.2) is 0 Å². The number of anilines is 6. The molecule has 3 heteroatoms. The van der Waals surface area contributed by atoms with Gasteiger partial charge >= 0.3 is 0 Å². The molecule has 15 rings (SSSR count). The van der Waals surface area contributed by atoms with Crippen LogP contribution in [0, 0.1) is 0 Å². The fourth-order valence-corrected chi connectivity index (χ4v) is 14.8. The van der Waals surface area contributed by atoms with E-state index in [1.807, 2.05) is 0 Å². The zero-order valence-electron chi connectivity index (χ0n) is 56.4. The largest absolute Gasteiger partial charge is 0.310 e. The van der Waals surface area contributed by atoms with Crippen molar-refractivity contribution in [2.45, 2.75) is 91.9 Å². The van der Waals surface area contributed by atoms with Gasteiger partial charge in [-0.3, -0.25) is 0 Å². The van der Waals surface area contributed by atoms with Crippen molar-refractivity contribution in [3.05, 3.63) is 320 Å². The number of rotatable bonds is 12. The monoisotopic (exact) mass is 1220 g/mol. The van der Waals surface area contributed by atoms with E-state index < -0.39 is 0 Å². The topological polar surface area (TPSA) is 6.48 Å². The predicted molar refractivity (Wildman–Crippen MR) is 410 cm³/mol. The van der Waals surface area contributed by atoms with Crippen LogP contribution in [0.2, 0.25) is 0 Å². The van der Waals surface area contributed by atoms with Gasteiger partial charge in [0.1, 0.15) is 0 Å². The van der Waals surface area contributed by atoms with E-state index in [2.05, 4.69) is 376 Å². The van der Waals surface area contributed by atoms with Crippen molar-refractivity contribution in [3.63, 3.8) is 0 Å². The minimum Gasteiger partial charge on any atom is -0.310 e. The third-order valence-electron chi connectivity index (χ3n) is 19.8. The van der Waals surface area contributed by atoms with Crippen molar-refractivity contribution in [2.75, 3.05) is 9.80 Å². The number of hydrogen-bond donors (Lipinski definition) is 0. The molecule has 2 nitrogen and oxygen atoms in total. The van der Waals surface area contributed by atoms with Crippen LogP contribution in [0.3, 0.4) is 0 Å². The van der Waals surface area contributed by atoms with Crippen molar-refractivity contribution in [3.8, 4) is 89.0 Å². The van der Waals surface area contributed by atoms with Gasteiger partial charge in [0.25, 0.3) is 6.71 Å². The number of nitrogens with zero attached hydrogens (tertiary/aromatic N) is 2. The maximum Gasteiger partial charge on any atom is 0.252 e. The zero-order chi connectivity index (χ0) is 65.3. The second-order valence-corrected chi connectivity index (χ2v) is 28.9. The minimum atomic E-state index is -0.303. The Kier molecular flexibility index (Phi) is 15.6. The summed E-state index contributed by atoms with van der Waals surface area (Å²) < 4.78 is 0. The molecule has 2 heterocycles. The first-order valence-electron chi connectivity index (χ1n) is 34.1. The SMILES string of the molecule is CC(C)c1cc(-c2ccc3c(c2)N(c2c(-c4ccccc4)cc(-c4ccccc4)cc2-c2ccccc2)c2cc(C(C)(C)C)cc4c2B3c2cc(-c3ccccc3)c(C(C)(C)C)cc2N4c2c(-c3ccccc3)cc(-c3ccccc3)cc2-c2ccccc2)cc(C(C)C)c1. The van der Waals surface area contributed by atoms with Crippen molar-refractivity contribution < 1.29 is 0 Å². The molecule has 0 amide bonds. The third-order valence-corrected chi connectivity index (χ3v) is 19.8. The summed E-state index contributed by atoms with van der Waals surface area (Å²) in [4.78, 5) is 5.47. The molecule has 0 aliphatic carbocycles. The van der Waals surface area contributed by atoms with E-state index in [1.165, 1.54) is 100 Å². The molecule has 0 radical (unpaired) electrons. The lowest BCUT2D eigenvalue weighted by Gasteiger charge is -2.47. The highest BCUT2D eigenvalue weighted by molar-refractivity contribution is 7.00. The fraction of sp³-hybridized carbons (Fsp3) is 0.152. The number of benzene rings is 13. The molecule has 95 heavy (non-hydrogen) atoms. The van der Waals surface area contributed by atoms with Crippen LogP contribution in [-0.2, 0) is 10.8 Å². The van der Waals surface area contributed by atoms with Crippen LogP contribution >= 0.6 is 0 Å². The normalized spacial score (nSPS) is 12.7. The molecular weight excluding hydrogens is 1140 g/mol. The molecule has 0 saturated heterocycles. The molecule has 0 unspecified atom stereocenters. The molecule has 0 spiro atoms. The molecule has 0 bridgehead atoms. The maximum absolute atomic E-state index is 2.74. The molecule has 0 N–H and O–H groups in total. The van der Waals surface area contributed by atoms with Crippen LogP contribution in [0.5, 0.6) is 0 Å². The van der Waals surface area contributed by atoms with Gasteiger partial charge in [0.15, 0.2) is 0 Å². The zero-order valence-corrected chi connectivity index (χ0v) is 56.4. The fourth-order valence-electron chi connectivity index (χ4n) is 14.8. The van der Waals surface area contributed by atoms with Crippen LogP contribution in [0.25, 0.3) is 89.0 Å². The van der Waals surface area contributed by atoms with Gasteiger partial charge in [-0.1, -0.05) is 318 Å². The van der Waals surface area contributed by atoms with Crippen molar-refractivity contribution >= 4 is 57.2 Å². The van der Waals surface area contributed by atoms with Gasteiger partial charge in [-0.05, 0) is 177 Å². The third kappa shape index (κ3) is 11.2. The summed E-state index contributed by atoms with van der Waals surface area (Å²) in [5, 5.41) is 0. The van der Waals surface area contributed by atoms with Gasteiger partial charge < -0.3 is 9.80 Å². The van der Waals surface area contributed by atoms with Crippen molar-refractivity contribution in [1.29, 1.82) is 0 Å². The summed E-state index contributed by atoms with van der Waals surface area (Å²) in [6.07, 6.45) is 0. The Bertz CT molecular complexity index is 4840. The van der Waals surface area contributed by atoms with Gasteiger partial charge in [0, 0.05) is 45.0 Å². The Morgan fingerprint density at radius 2 is 0.600 bits per heavy atom. The lowest BCUT2D eigenvalue weighted by atomic mass is 9.33. The number of hydrogen-bond acceptors (Lipinski definition) is 2. The minimum absolute atomic E-state index is 0.210. The Morgan fingerprint density at radius 3 is 0.947 bits per heavy atom. The highest BCUT2D eigenvalue weighted by Gasteiger charge is 2.47. The maximum atomic E-state index is 2.74. The van der Waals surface area contributed by atoms with Crippen LogP contribution in [-0.4, -0.2) is 6.71 Å². The average Bonchev–Trinajstić information content (AvgIpc) is 0.685.